The fraction of sp³-hybridized carbons (Fsp3) is 0.208. The van der Waals surface area contributed by atoms with E-state index in [9.17, 15) is 17.6 Å². The maximum Gasteiger partial charge on any atom is 0.264 e. The molecule has 1 amide bonds. The van der Waals surface area contributed by atoms with Crippen LogP contribution in [0.5, 0.6) is 5.75 Å². The van der Waals surface area contributed by atoms with E-state index in [2.05, 4.69) is 5.32 Å². The number of benzene rings is 3. The Morgan fingerprint density at radius 2 is 1.66 bits per heavy atom. The molecule has 6 nitrogen and oxygen atoms in total. The molecule has 0 unspecified atom stereocenters. The van der Waals surface area contributed by atoms with Gasteiger partial charge >= 0.3 is 0 Å². The summed E-state index contributed by atoms with van der Waals surface area (Å²) in [6.07, 6.45) is 0. The lowest BCUT2D eigenvalue weighted by atomic mass is 10.1. The van der Waals surface area contributed by atoms with Gasteiger partial charge in [-0.2, -0.15) is 0 Å². The first kappa shape index (κ1) is 23.3. The summed E-state index contributed by atoms with van der Waals surface area (Å²) in [6.45, 7) is 4.03. The molecule has 0 aromatic heterocycles. The molecule has 168 valence electrons. The van der Waals surface area contributed by atoms with E-state index in [-0.39, 0.29) is 17.1 Å². The Morgan fingerprint density at radius 3 is 2.28 bits per heavy atom. The lowest BCUT2D eigenvalue weighted by Crippen LogP contribution is -2.40. The molecule has 3 aromatic rings. The first-order valence-electron chi connectivity index (χ1n) is 10.1. The topological polar surface area (TPSA) is 75.7 Å². The maximum atomic E-state index is 13.4. The van der Waals surface area contributed by atoms with Gasteiger partial charge in [0.15, 0.2) is 0 Å². The van der Waals surface area contributed by atoms with Gasteiger partial charge < -0.3 is 10.1 Å². The van der Waals surface area contributed by atoms with E-state index in [1.54, 1.807) is 12.1 Å². The van der Waals surface area contributed by atoms with Crippen LogP contribution in [0.25, 0.3) is 0 Å². The normalized spacial score (nSPS) is 11.1. The van der Waals surface area contributed by atoms with Crippen molar-refractivity contribution in [3.05, 3.63) is 89.7 Å². The molecule has 32 heavy (non-hydrogen) atoms. The molecule has 3 rings (SSSR count). The Balaban J connectivity index is 1.85. The van der Waals surface area contributed by atoms with Gasteiger partial charge in [0, 0.05) is 6.54 Å². The summed E-state index contributed by atoms with van der Waals surface area (Å²) < 4.78 is 46.5. The van der Waals surface area contributed by atoms with Crippen molar-refractivity contribution < 1.29 is 22.3 Å². The van der Waals surface area contributed by atoms with Crippen LogP contribution >= 0.6 is 0 Å². The number of nitrogens with zero attached hydrogens (tertiary/aromatic N) is 1. The minimum absolute atomic E-state index is 0.00279. The van der Waals surface area contributed by atoms with Crippen LogP contribution in [0.4, 0.5) is 10.1 Å². The fourth-order valence-corrected chi connectivity index (χ4v) is 4.53. The van der Waals surface area contributed by atoms with Crippen LogP contribution < -0.4 is 14.4 Å². The van der Waals surface area contributed by atoms with Gasteiger partial charge in [-0.25, -0.2) is 12.8 Å². The standard InChI is InChI=1S/C24H25FN2O4S/c1-3-31-22-12-14-23(15-13-22)32(29,30)27(21-10-8-20(25)9-11-21)17-24(28)26-16-19-7-5-4-6-18(19)2/h4-15H,3,16-17H2,1-2H3,(H,26,28). The Hall–Kier alpha value is -3.39. The van der Waals surface area contributed by atoms with E-state index in [0.29, 0.717) is 12.4 Å². The number of halogens is 1. The van der Waals surface area contributed by atoms with Gasteiger partial charge in [-0.3, -0.25) is 9.10 Å². The summed E-state index contributed by atoms with van der Waals surface area (Å²) in [4.78, 5) is 12.7. The summed E-state index contributed by atoms with van der Waals surface area (Å²) >= 11 is 0. The smallest absolute Gasteiger partial charge is 0.264 e. The second-order valence-electron chi connectivity index (χ2n) is 7.10. The van der Waals surface area contributed by atoms with Gasteiger partial charge in [0.1, 0.15) is 18.1 Å². The van der Waals surface area contributed by atoms with Crippen LogP contribution in [0.15, 0.2) is 77.7 Å². The van der Waals surface area contributed by atoms with Crippen molar-refractivity contribution in [1.82, 2.24) is 5.32 Å². The first-order valence-corrected chi connectivity index (χ1v) is 11.6. The molecule has 1 N–H and O–H groups in total. The molecule has 0 aliphatic rings. The molecule has 0 saturated carbocycles. The number of hydrogen-bond acceptors (Lipinski definition) is 4. The number of carbonyl (C=O) groups excluding carboxylic acids is 1. The number of nitrogens with one attached hydrogen (secondary N) is 1. The molecule has 0 aliphatic heterocycles. The minimum atomic E-state index is -4.09. The molecular weight excluding hydrogens is 431 g/mol. The van der Waals surface area contributed by atoms with Gasteiger partial charge in [0.2, 0.25) is 5.91 Å². The highest BCUT2D eigenvalue weighted by Crippen LogP contribution is 2.25. The fourth-order valence-electron chi connectivity index (χ4n) is 3.11. The summed E-state index contributed by atoms with van der Waals surface area (Å²) in [5.41, 5.74) is 2.14. The molecule has 0 heterocycles. The molecular formula is C24H25FN2O4S. The number of sulfonamides is 1. The molecule has 0 fully saturated rings. The highest BCUT2D eigenvalue weighted by atomic mass is 32.2. The number of aryl methyl sites for hydroxylation is 1. The maximum absolute atomic E-state index is 13.4. The molecule has 8 heteroatoms. The lowest BCUT2D eigenvalue weighted by Gasteiger charge is -2.24. The van der Waals surface area contributed by atoms with Gasteiger partial charge in [0.05, 0.1) is 17.2 Å². The van der Waals surface area contributed by atoms with Crippen molar-refractivity contribution in [1.29, 1.82) is 0 Å². The number of rotatable bonds is 9. The predicted octanol–water partition coefficient (Wildman–Crippen LogP) is 4.04. The third kappa shape index (κ3) is 5.64. The summed E-state index contributed by atoms with van der Waals surface area (Å²) in [7, 11) is -4.09. The molecule has 0 radical (unpaired) electrons. The van der Waals surface area contributed by atoms with E-state index in [1.165, 1.54) is 24.3 Å². The summed E-state index contributed by atoms with van der Waals surface area (Å²) in [5.74, 6) is -0.445. The van der Waals surface area contributed by atoms with Crippen LogP contribution in [0, 0.1) is 12.7 Å². The molecule has 0 aliphatic carbocycles. The van der Waals surface area contributed by atoms with Crippen molar-refractivity contribution in [2.24, 2.45) is 0 Å². The van der Waals surface area contributed by atoms with Gasteiger partial charge in [0.25, 0.3) is 10.0 Å². The van der Waals surface area contributed by atoms with Crippen molar-refractivity contribution in [3.63, 3.8) is 0 Å². The zero-order chi connectivity index (χ0) is 23.1. The van der Waals surface area contributed by atoms with E-state index in [4.69, 9.17) is 4.74 Å². The van der Waals surface area contributed by atoms with Crippen LogP contribution in [-0.4, -0.2) is 27.5 Å². The van der Waals surface area contributed by atoms with Gasteiger partial charge in [-0.1, -0.05) is 24.3 Å². The molecule has 0 saturated heterocycles. The highest BCUT2D eigenvalue weighted by molar-refractivity contribution is 7.92. The number of amides is 1. The Kier molecular flexibility index (Phi) is 7.48. The SMILES string of the molecule is CCOc1ccc(S(=O)(=O)N(CC(=O)NCc2ccccc2C)c2ccc(F)cc2)cc1. The van der Waals surface area contributed by atoms with Crippen LogP contribution in [0.2, 0.25) is 0 Å². The average Bonchev–Trinajstić information content (AvgIpc) is 2.78. The van der Waals surface area contributed by atoms with E-state index >= 15 is 0 Å². The molecule has 0 bridgehead atoms. The Labute approximate surface area is 187 Å². The minimum Gasteiger partial charge on any atom is -0.494 e. The summed E-state index contributed by atoms with van der Waals surface area (Å²) in [5, 5.41) is 2.76. The van der Waals surface area contributed by atoms with Crippen molar-refractivity contribution >= 4 is 21.6 Å². The zero-order valence-corrected chi connectivity index (χ0v) is 18.7. The molecule has 3 aromatic carbocycles. The predicted molar refractivity (Wildman–Crippen MR) is 122 cm³/mol. The van der Waals surface area contributed by atoms with Crippen molar-refractivity contribution in [2.75, 3.05) is 17.5 Å². The lowest BCUT2D eigenvalue weighted by molar-refractivity contribution is -0.119. The van der Waals surface area contributed by atoms with Gasteiger partial charge in [-0.15, -0.1) is 0 Å². The van der Waals surface area contributed by atoms with E-state index in [1.807, 2.05) is 38.1 Å². The number of hydrogen-bond donors (Lipinski definition) is 1. The Bertz CT molecular complexity index is 1160. The van der Waals surface area contributed by atoms with Crippen LogP contribution in [0.1, 0.15) is 18.1 Å². The number of anilines is 1. The van der Waals surface area contributed by atoms with E-state index < -0.39 is 28.3 Å². The molecule has 0 spiro atoms. The van der Waals surface area contributed by atoms with E-state index in [0.717, 1.165) is 27.6 Å². The summed E-state index contributed by atoms with van der Waals surface area (Å²) in [6, 6.07) is 18.5. The number of carbonyl (C=O) groups is 1. The second-order valence-corrected chi connectivity index (χ2v) is 8.96. The third-order valence-electron chi connectivity index (χ3n) is 4.86. The first-order chi connectivity index (χ1) is 15.3. The van der Waals surface area contributed by atoms with Gasteiger partial charge in [-0.05, 0) is 73.5 Å². The van der Waals surface area contributed by atoms with Crippen molar-refractivity contribution in [2.45, 2.75) is 25.3 Å². The van der Waals surface area contributed by atoms with Crippen molar-refractivity contribution in [3.8, 4) is 5.75 Å². The Morgan fingerprint density at radius 1 is 1.00 bits per heavy atom. The van der Waals surface area contributed by atoms with Crippen LogP contribution in [-0.2, 0) is 21.4 Å². The third-order valence-corrected chi connectivity index (χ3v) is 6.65. The van der Waals surface area contributed by atoms with Crippen LogP contribution in [0.3, 0.4) is 0 Å². The zero-order valence-electron chi connectivity index (χ0n) is 17.9. The largest absolute Gasteiger partial charge is 0.494 e. The second kappa shape index (κ2) is 10.3. The molecule has 0 atom stereocenters. The average molecular weight is 457 g/mol. The quantitative estimate of drug-likeness (QED) is 0.527. The highest BCUT2D eigenvalue weighted by Gasteiger charge is 2.27. The monoisotopic (exact) mass is 456 g/mol. The number of ether oxygens (including phenoxy) is 1.